The third-order valence-electron chi connectivity index (χ3n) is 4.88. The van der Waals surface area contributed by atoms with Crippen LogP contribution < -0.4 is 0 Å². The maximum atomic E-state index is 11.8. The molecule has 1 aromatic carbocycles. The minimum Gasteiger partial charge on any atom is -0.481 e. The Labute approximate surface area is 117 Å². The fourth-order valence-electron chi connectivity index (χ4n) is 3.48. The van der Waals surface area contributed by atoms with Crippen LogP contribution in [-0.2, 0) is 10.2 Å². The van der Waals surface area contributed by atoms with E-state index in [1.807, 2.05) is 18.2 Å². The number of hydrogen-bond acceptors (Lipinski definition) is 2. The second-order valence-corrected chi connectivity index (χ2v) is 6.22. The van der Waals surface area contributed by atoms with Gasteiger partial charge in [0.05, 0.1) is 16.4 Å². The van der Waals surface area contributed by atoms with Crippen LogP contribution in [0.4, 0.5) is 0 Å². The topological polar surface area (TPSA) is 66.0 Å². The van der Waals surface area contributed by atoms with Crippen molar-refractivity contribution >= 4 is 17.0 Å². The molecule has 2 N–H and O–H groups in total. The Bertz CT molecular complexity index is 679. The van der Waals surface area contributed by atoms with Gasteiger partial charge in [-0.25, -0.2) is 4.98 Å². The first-order chi connectivity index (χ1) is 9.69. The van der Waals surface area contributed by atoms with Gasteiger partial charge in [-0.3, -0.25) is 4.79 Å². The number of nitrogens with one attached hydrogen (secondary N) is 1. The van der Waals surface area contributed by atoms with Crippen LogP contribution >= 0.6 is 0 Å². The van der Waals surface area contributed by atoms with Crippen LogP contribution in [0.1, 0.15) is 55.8 Å². The van der Waals surface area contributed by atoms with E-state index in [9.17, 15) is 9.90 Å². The molecule has 0 spiro atoms. The van der Waals surface area contributed by atoms with E-state index in [2.05, 4.69) is 9.97 Å². The number of carboxylic acid groups (broad SMARTS) is 1. The third-order valence-corrected chi connectivity index (χ3v) is 4.88. The summed E-state index contributed by atoms with van der Waals surface area (Å²) in [6.07, 6.45) is 5.92. The van der Waals surface area contributed by atoms with Crippen molar-refractivity contribution in [2.24, 2.45) is 0 Å². The summed E-state index contributed by atoms with van der Waals surface area (Å²) in [4.78, 5) is 19.7. The number of aliphatic carboxylic acids is 1. The molecule has 0 radical (unpaired) electrons. The van der Waals surface area contributed by atoms with Crippen LogP contribution in [0.25, 0.3) is 11.0 Å². The molecule has 4 nitrogen and oxygen atoms in total. The van der Waals surface area contributed by atoms with Crippen molar-refractivity contribution in [2.45, 2.75) is 49.9 Å². The summed E-state index contributed by atoms with van der Waals surface area (Å²) in [6, 6.07) is 5.93. The lowest BCUT2D eigenvalue weighted by Crippen LogP contribution is -2.32. The molecule has 0 atom stereocenters. The lowest BCUT2D eigenvalue weighted by atomic mass is 9.79. The van der Waals surface area contributed by atoms with E-state index >= 15 is 0 Å². The van der Waals surface area contributed by atoms with Gasteiger partial charge >= 0.3 is 5.97 Å². The number of rotatable bonds is 3. The third kappa shape index (κ3) is 1.67. The zero-order valence-electron chi connectivity index (χ0n) is 11.4. The number of aromatic nitrogens is 2. The summed E-state index contributed by atoms with van der Waals surface area (Å²) < 4.78 is 0. The summed E-state index contributed by atoms with van der Waals surface area (Å²) in [7, 11) is 0. The average Bonchev–Trinajstić information content (AvgIpc) is 3.02. The van der Waals surface area contributed by atoms with E-state index in [0.29, 0.717) is 5.92 Å². The Balaban J connectivity index is 1.81. The minimum absolute atomic E-state index is 0.589. The van der Waals surface area contributed by atoms with E-state index in [-0.39, 0.29) is 0 Å². The first-order valence-corrected chi connectivity index (χ1v) is 7.43. The highest BCUT2D eigenvalue weighted by molar-refractivity contribution is 5.85. The molecule has 2 aliphatic carbocycles. The number of benzene rings is 1. The van der Waals surface area contributed by atoms with Crippen molar-refractivity contribution in [1.82, 2.24) is 9.97 Å². The highest BCUT2D eigenvalue weighted by atomic mass is 16.4. The molecular weight excluding hydrogens is 252 g/mol. The van der Waals surface area contributed by atoms with Gasteiger partial charge in [0, 0.05) is 5.92 Å². The van der Waals surface area contributed by atoms with Crippen molar-refractivity contribution in [3.63, 3.8) is 0 Å². The van der Waals surface area contributed by atoms with Gasteiger partial charge in [-0.1, -0.05) is 18.9 Å². The minimum atomic E-state index is -0.684. The second kappa shape index (κ2) is 4.08. The van der Waals surface area contributed by atoms with E-state index in [1.54, 1.807) is 0 Å². The smallest absolute Gasteiger partial charge is 0.314 e. The van der Waals surface area contributed by atoms with Crippen LogP contribution in [0.15, 0.2) is 18.2 Å². The van der Waals surface area contributed by atoms with Crippen LogP contribution in [0.3, 0.4) is 0 Å². The van der Waals surface area contributed by atoms with Crippen molar-refractivity contribution in [3.05, 3.63) is 29.6 Å². The highest BCUT2D eigenvalue weighted by Crippen LogP contribution is 2.43. The summed E-state index contributed by atoms with van der Waals surface area (Å²) in [5.74, 6) is 0.968. The molecule has 20 heavy (non-hydrogen) atoms. The van der Waals surface area contributed by atoms with Crippen molar-refractivity contribution < 1.29 is 9.90 Å². The summed E-state index contributed by atoms with van der Waals surface area (Å²) >= 11 is 0. The Morgan fingerprint density at radius 3 is 2.70 bits per heavy atom. The number of nitrogens with zero attached hydrogens (tertiary/aromatic N) is 1. The molecule has 0 amide bonds. The van der Waals surface area contributed by atoms with Crippen molar-refractivity contribution in [2.75, 3.05) is 0 Å². The number of imidazole rings is 1. The molecule has 2 aromatic rings. The zero-order chi connectivity index (χ0) is 13.7. The molecule has 2 aliphatic rings. The van der Waals surface area contributed by atoms with E-state index in [1.165, 1.54) is 12.8 Å². The normalized spacial score (nSPS) is 21.4. The SMILES string of the molecule is O=C(O)C1(c2ccc3nc(C4CC4)[nH]c3c2)CCCC1. The maximum Gasteiger partial charge on any atom is 0.314 e. The van der Waals surface area contributed by atoms with E-state index < -0.39 is 11.4 Å². The summed E-state index contributed by atoms with van der Waals surface area (Å²) in [5, 5.41) is 9.67. The zero-order valence-corrected chi connectivity index (χ0v) is 11.4. The fraction of sp³-hybridized carbons (Fsp3) is 0.500. The Morgan fingerprint density at radius 1 is 1.30 bits per heavy atom. The molecule has 1 aromatic heterocycles. The standard InChI is InChI=1S/C16H18N2O2/c19-15(20)16(7-1-2-8-16)11-5-6-12-13(9-11)18-14(17-12)10-3-4-10/h5-6,9-10H,1-4,7-8H2,(H,17,18)(H,19,20). The van der Waals surface area contributed by atoms with E-state index in [4.69, 9.17) is 0 Å². The fourth-order valence-corrected chi connectivity index (χ4v) is 3.48. The van der Waals surface area contributed by atoms with Gasteiger partial charge in [0.2, 0.25) is 0 Å². The summed E-state index contributed by atoms with van der Waals surface area (Å²) in [6.45, 7) is 0. The van der Waals surface area contributed by atoms with Gasteiger partial charge < -0.3 is 10.1 Å². The molecule has 0 aliphatic heterocycles. The lowest BCUT2D eigenvalue weighted by molar-refractivity contribution is -0.143. The number of H-pyrrole nitrogens is 1. The Morgan fingerprint density at radius 2 is 2.05 bits per heavy atom. The van der Waals surface area contributed by atoms with Crippen LogP contribution in [0.2, 0.25) is 0 Å². The van der Waals surface area contributed by atoms with Gasteiger partial charge in [0.1, 0.15) is 5.82 Å². The predicted molar refractivity (Wildman–Crippen MR) is 75.9 cm³/mol. The van der Waals surface area contributed by atoms with Crippen LogP contribution in [0.5, 0.6) is 0 Å². The van der Waals surface area contributed by atoms with Crippen LogP contribution in [0, 0.1) is 0 Å². The Kier molecular flexibility index (Phi) is 2.43. The predicted octanol–water partition coefficient (Wildman–Crippen LogP) is 3.34. The van der Waals surface area contributed by atoms with Gasteiger partial charge in [0.25, 0.3) is 0 Å². The Hall–Kier alpha value is -1.84. The van der Waals surface area contributed by atoms with Gasteiger partial charge in [0.15, 0.2) is 0 Å². The summed E-state index contributed by atoms with van der Waals surface area (Å²) in [5.41, 5.74) is 2.19. The maximum absolute atomic E-state index is 11.8. The molecule has 4 rings (SSSR count). The molecule has 1 heterocycles. The molecule has 0 saturated heterocycles. The van der Waals surface area contributed by atoms with E-state index in [0.717, 1.165) is 48.1 Å². The molecule has 2 fully saturated rings. The van der Waals surface area contributed by atoms with Gasteiger partial charge in [-0.05, 0) is 43.4 Å². The molecule has 2 saturated carbocycles. The molecule has 104 valence electrons. The number of fused-ring (bicyclic) bond motifs is 1. The van der Waals surface area contributed by atoms with Gasteiger partial charge in [-0.15, -0.1) is 0 Å². The lowest BCUT2D eigenvalue weighted by Gasteiger charge is -2.24. The molecule has 4 heteroatoms. The van der Waals surface area contributed by atoms with Crippen LogP contribution in [-0.4, -0.2) is 21.0 Å². The largest absolute Gasteiger partial charge is 0.481 e. The average molecular weight is 270 g/mol. The monoisotopic (exact) mass is 270 g/mol. The first kappa shape index (κ1) is 11.9. The van der Waals surface area contributed by atoms with Crippen molar-refractivity contribution in [1.29, 1.82) is 0 Å². The molecule has 0 bridgehead atoms. The van der Waals surface area contributed by atoms with Gasteiger partial charge in [-0.2, -0.15) is 0 Å². The quantitative estimate of drug-likeness (QED) is 0.899. The number of hydrogen-bond donors (Lipinski definition) is 2. The first-order valence-electron chi connectivity index (χ1n) is 7.43. The number of carboxylic acids is 1. The molecule has 0 unspecified atom stereocenters. The number of carbonyl (C=O) groups is 1. The second-order valence-electron chi connectivity index (χ2n) is 6.22. The van der Waals surface area contributed by atoms with Crippen molar-refractivity contribution in [3.8, 4) is 0 Å². The number of aromatic amines is 1. The highest BCUT2D eigenvalue weighted by Gasteiger charge is 2.43. The molecular formula is C16H18N2O2.